The Morgan fingerprint density at radius 1 is 1.00 bits per heavy atom. The van der Waals surface area contributed by atoms with Crippen molar-refractivity contribution < 1.29 is 4.74 Å². The van der Waals surface area contributed by atoms with Crippen LogP contribution in [0.3, 0.4) is 0 Å². The number of hydrogen-bond donors (Lipinski definition) is 1. The monoisotopic (exact) mass is 237 g/mol. The molecule has 2 heteroatoms. The number of rotatable bonds is 2. The van der Waals surface area contributed by atoms with E-state index in [-0.39, 0.29) is 0 Å². The van der Waals surface area contributed by atoms with Gasteiger partial charge in [-0.2, -0.15) is 0 Å². The van der Waals surface area contributed by atoms with Gasteiger partial charge in [-0.25, -0.2) is 0 Å². The summed E-state index contributed by atoms with van der Waals surface area (Å²) in [6, 6.07) is 16.5. The number of aryl methyl sites for hydroxylation is 1. The molecule has 0 aliphatic carbocycles. The van der Waals surface area contributed by atoms with Gasteiger partial charge in [0.2, 0.25) is 0 Å². The van der Waals surface area contributed by atoms with Crippen molar-refractivity contribution in [3.63, 3.8) is 0 Å². The lowest BCUT2D eigenvalue weighted by atomic mass is 10.1. The Morgan fingerprint density at radius 3 is 2.50 bits per heavy atom. The average molecular weight is 237 g/mol. The number of nitrogens with one attached hydrogen (secondary N) is 1. The molecule has 2 nitrogen and oxygen atoms in total. The SMILES string of the molecule is COc1ccc2[nH]c(-c3ccccc3)c(C)c2c1. The van der Waals surface area contributed by atoms with Crippen molar-refractivity contribution in [1.29, 1.82) is 0 Å². The molecule has 0 atom stereocenters. The van der Waals surface area contributed by atoms with E-state index in [1.165, 1.54) is 22.2 Å². The van der Waals surface area contributed by atoms with Crippen LogP contribution in [-0.2, 0) is 0 Å². The number of aromatic amines is 1. The third kappa shape index (κ3) is 1.66. The first-order valence-corrected chi connectivity index (χ1v) is 6.01. The highest BCUT2D eigenvalue weighted by molar-refractivity contribution is 5.91. The van der Waals surface area contributed by atoms with Crippen molar-refractivity contribution in [2.75, 3.05) is 7.11 Å². The van der Waals surface area contributed by atoms with Crippen LogP contribution in [0.15, 0.2) is 48.5 Å². The second-order valence-electron chi connectivity index (χ2n) is 4.40. The van der Waals surface area contributed by atoms with E-state index in [4.69, 9.17) is 4.74 Å². The molecule has 3 rings (SSSR count). The van der Waals surface area contributed by atoms with Crippen LogP contribution in [0, 0.1) is 6.92 Å². The molecule has 2 aromatic carbocycles. The summed E-state index contributed by atoms with van der Waals surface area (Å²) in [6.45, 7) is 2.14. The fourth-order valence-corrected chi connectivity index (χ4v) is 2.33. The maximum absolute atomic E-state index is 5.28. The summed E-state index contributed by atoms with van der Waals surface area (Å²) in [5, 5.41) is 1.22. The van der Waals surface area contributed by atoms with Gasteiger partial charge in [0, 0.05) is 16.6 Å². The highest BCUT2D eigenvalue weighted by atomic mass is 16.5. The van der Waals surface area contributed by atoms with Crippen LogP contribution in [0.4, 0.5) is 0 Å². The fraction of sp³-hybridized carbons (Fsp3) is 0.125. The smallest absolute Gasteiger partial charge is 0.119 e. The van der Waals surface area contributed by atoms with Crippen LogP contribution in [0.25, 0.3) is 22.2 Å². The van der Waals surface area contributed by atoms with Crippen LogP contribution >= 0.6 is 0 Å². The minimum absolute atomic E-state index is 0.893. The number of H-pyrrole nitrogens is 1. The molecule has 0 fully saturated rings. The van der Waals surface area contributed by atoms with Gasteiger partial charge < -0.3 is 9.72 Å². The van der Waals surface area contributed by atoms with Gasteiger partial charge in [0.25, 0.3) is 0 Å². The topological polar surface area (TPSA) is 25.0 Å². The number of fused-ring (bicyclic) bond motifs is 1. The molecule has 0 aliphatic heterocycles. The molecule has 0 bridgehead atoms. The molecular weight excluding hydrogens is 222 g/mol. The van der Waals surface area contributed by atoms with Crippen molar-refractivity contribution in [3.05, 3.63) is 54.1 Å². The zero-order valence-corrected chi connectivity index (χ0v) is 10.5. The van der Waals surface area contributed by atoms with E-state index in [9.17, 15) is 0 Å². The molecule has 0 saturated heterocycles. The van der Waals surface area contributed by atoms with E-state index in [0.717, 1.165) is 11.3 Å². The molecule has 1 heterocycles. The maximum Gasteiger partial charge on any atom is 0.119 e. The minimum Gasteiger partial charge on any atom is -0.497 e. The first-order chi connectivity index (χ1) is 8.79. The van der Waals surface area contributed by atoms with E-state index >= 15 is 0 Å². The Balaban J connectivity index is 2.23. The predicted octanol–water partition coefficient (Wildman–Crippen LogP) is 4.15. The molecule has 0 unspecified atom stereocenters. The first kappa shape index (κ1) is 10.9. The normalized spacial score (nSPS) is 10.8. The molecule has 0 spiro atoms. The Morgan fingerprint density at radius 2 is 1.78 bits per heavy atom. The highest BCUT2D eigenvalue weighted by Crippen LogP contribution is 2.31. The highest BCUT2D eigenvalue weighted by Gasteiger charge is 2.09. The lowest BCUT2D eigenvalue weighted by Gasteiger charge is -2.00. The van der Waals surface area contributed by atoms with Crippen molar-refractivity contribution in [2.45, 2.75) is 6.92 Å². The van der Waals surface area contributed by atoms with Crippen LogP contribution in [0.1, 0.15) is 5.56 Å². The number of methoxy groups -OCH3 is 1. The zero-order valence-electron chi connectivity index (χ0n) is 10.5. The van der Waals surface area contributed by atoms with Crippen LogP contribution in [0.5, 0.6) is 5.75 Å². The predicted molar refractivity (Wildman–Crippen MR) is 75.0 cm³/mol. The number of ether oxygens (including phenoxy) is 1. The van der Waals surface area contributed by atoms with E-state index in [1.807, 2.05) is 12.1 Å². The molecular formula is C16H15NO. The van der Waals surface area contributed by atoms with Crippen molar-refractivity contribution in [1.82, 2.24) is 4.98 Å². The van der Waals surface area contributed by atoms with Crippen LogP contribution in [0.2, 0.25) is 0 Å². The first-order valence-electron chi connectivity index (χ1n) is 6.01. The van der Waals surface area contributed by atoms with Gasteiger partial charge in [-0.3, -0.25) is 0 Å². The van der Waals surface area contributed by atoms with Gasteiger partial charge in [0.05, 0.1) is 7.11 Å². The zero-order chi connectivity index (χ0) is 12.5. The minimum atomic E-state index is 0.893. The molecule has 0 aliphatic rings. The van der Waals surface area contributed by atoms with Crippen LogP contribution < -0.4 is 4.74 Å². The van der Waals surface area contributed by atoms with E-state index < -0.39 is 0 Å². The quantitative estimate of drug-likeness (QED) is 0.711. The number of hydrogen-bond acceptors (Lipinski definition) is 1. The Bertz CT molecular complexity index is 683. The summed E-state index contributed by atoms with van der Waals surface area (Å²) in [5.41, 5.74) is 4.80. The lowest BCUT2D eigenvalue weighted by Crippen LogP contribution is -1.81. The third-order valence-corrected chi connectivity index (χ3v) is 3.33. The van der Waals surface area contributed by atoms with Crippen LogP contribution in [-0.4, -0.2) is 12.1 Å². The summed E-state index contributed by atoms with van der Waals surface area (Å²) >= 11 is 0. The number of benzene rings is 2. The largest absolute Gasteiger partial charge is 0.497 e. The van der Waals surface area contributed by atoms with E-state index in [1.54, 1.807) is 7.11 Å². The van der Waals surface area contributed by atoms with E-state index in [2.05, 4.69) is 48.3 Å². The average Bonchev–Trinajstić information content (AvgIpc) is 2.77. The Hall–Kier alpha value is -2.22. The summed E-state index contributed by atoms with van der Waals surface area (Å²) in [7, 11) is 1.70. The molecule has 0 amide bonds. The lowest BCUT2D eigenvalue weighted by molar-refractivity contribution is 0.415. The van der Waals surface area contributed by atoms with Gasteiger partial charge in [0.15, 0.2) is 0 Å². The summed E-state index contributed by atoms with van der Waals surface area (Å²) < 4.78 is 5.28. The van der Waals surface area contributed by atoms with Gasteiger partial charge in [-0.1, -0.05) is 30.3 Å². The van der Waals surface area contributed by atoms with Gasteiger partial charge in [0.1, 0.15) is 5.75 Å². The molecule has 1 aromatic heterocycles. The van der Waals surface area contributed by atoms with Crippen molar-refractivity contribution in [2.24, 2.45) is 0 Å². The van der Waals surface area contributed by atoms with Gasteiger partial charge >= 0.3 is 0 Å². The van der Waals surface area contributed by atoms with Gasteiger partial charge in [-0.15, -0.1) is 0 Å². The Kier molecular flexibility index (Phi) is 2.56. The fourth-order valence-electron chi connectivity index (χ4n) is 2.33. The summed E-state index contributed by atoms with van der Waals surface area (Å²) in [5.74, 6) is 0.893. The van der Waals surface area contributed by atoms with Crippen molar-refractivity contribution in [3.8, 4) is 17.0 Å². The Labute approximate surface area is 106 Å². The second kappa shape index (κ2) is 4.22. The summed E-state index contributed by atoms with van der Waals surface area (Å²) in [4.78, 5) is 3.48. The summed E-state index contributed by atoms with van der Waals surface area (Å²) in [6.07, 6.45) is 0. The standard InChI is InChI=1S/C16H15NO/c1-11-14-10-13(18-2)8-9-15(14)17-16(11)12-6-4-3-5-7-12/h3-10,17H,1-2H3. The van der Waals surface area contributed by atoms with Crippen molar-refractivity contribution >= 4 is 10.9 Å². The molecule has 0 saturated carbocycles. The second-order valence-corrected chi connectivity index (χ2v) is 4.40. The molecule has 1 N–H and O–H groups in total. The third-order valence-electron chi connectivity index (χ3n) is 3.33. The number of aromatic nitrogens is 1. The molecule has 18 heavy (non-hydrogen) atoms. The molecule has 0 radical (unpaired) electrons. The van der Waals surface area contributed by atoms with E-state index in [0.29, 0.717) is 0 Å². The maximum atomic E-state index is 5.28. The molecule has 3 aromatic rings. The van der Waals surface area contributed by atoms with Gasteiger partial charge in [-0.05, 0) is 36.2 Å². The molecule has 90 valence electrons.